The molecule has 0 N–H and O–H groups in total. The Balaban J connectivity index is 2.49. The lowest BCUT2D eigenvalue weighted by Gasteiger charge is -2.30. The Morgan fingerprint density at radius 3 is 2.12 bits per heavy atom. The summed E-state index contributed by atoms with van der Waals surface area (Å²) in [5.41, 5.74) is 0.570. The van der Waals surface area contributed by atoms with Crippen LogP contribution >= 0.6 is 23.2 Å². The normalized spacial score (nSPS) is 17.3. The fourth-order valence-corrected chi connectivity index (χ4v) is 1.85. The quantitative estimate of drug-likeness (QED) is 0.669. The molecule has 0 aromatic heterocycles. The number of likely N-dealkylation sites (tertiary alicyclic amines) is 1. The largest absolute Gasteiger partial charge is 0.444 e. The van der Waals surface area contributed by atoms with Crippen LogP contribution in [0.5, 0.6) is 0 Å². The van der Waals surface area contributed by atoms with Crippen LogP contribution in [0.1, 0.15) is 33.6 Å². The van der Waals surface area contributed by atoms with Crippen molar-refractivity contribution in [2.75, 3.05) is 13.1 Å². The topological polar surface area (TPSA) is 29.5 Å². The standard InChI is InChI=1S/C11H17Cl2NO2/c1-11(2,3)16-10(15)14-6-4-8(5-7-14)9(12)13/h4-7H2,1-3H3. The molecule has 0 aromatic rings. The predicted molar refractivity (Wildman–Crippen MR) is 65.8 cm³/mol. The molecule has 0 aliphatic carbocycles. The lowest BCUT2D eigenvalue weighted by molar-refractivity contribution is 0.0236. The molecular weight excluding hydrogens is 249 g/mol. The van der Waals surface area contributed by atoms with Gasteiger partial charge >= 0.3 is 6.09 Å². The number of ether oxygens (including phenoxy) is 1. The molecule has 16 heavy (non-hydrogen) atoms. The second-order valence-corrected chi connectivity index (χ2v) is 5.78. The fraction of sp³-hybridized carbons (Fsp3) is 0.727. The summed E-state index contributed by atoms with van der Waals surface area (Å²) < 4.78 is 5.61. The molecule has 1 aliphatic heterocycles. The predicted octanol–water partition coefficient (Wildman–Crippen LogP) is 3.71. The molecule has 1 amide bonds. The van der Waals surface area contributed by atoms with Crippen molar-refractivity contribution in [3.8, 4) is 0 Å². The minimum absolute atomic E-state index is 0.266. The first kappa shape index (κ1) is 13.7. The van der Waals surface area contributed by atoms with E-state index in [1.54, 1.807) is 4.90 Å². The molecule has 1 saturated heterocycles. The maximum absolute atomic E-state index is 11.7. The number of halogens is 2. The van der Waals surface area contributed by atoms with Gasteiger partial charge in [0.05, 0.1) is 0 Å². The van der Waals surface area contributed by atoms with Crippen LogP contribution in [0.3, 0.4) is 0 Å². The van der Waals surface area contributed by atoms with Crippen LogP contribution in [-0.2, 0) is 4.74 Å². The molecule has 1 heterocycles. The van der Waals surface area contributed by atoms with E-state index in [4.69, 9.17) is 27.9 Å². The number of piperidine rings is 1. The number of rotatable bonds is 0. The Morgan fingerprint density at radius 2 is 1.75 bits per heavy atom. The fourth-order valence-electron chi connectivity index (χ4n) is 1.47. The van der Waals surface area contributed by atoms with Gasteiger partial charge in [-0.15, -0.1) is 0 Å². The third-order valence-corrected chi connectivity index (χ3v) is 2.82. The van der Waals surface area contributed by atoms with E-state index in [0.717, 1.165) is 18.4 Å². The van der Waals surface area contributed by atoms with Gasteiger partial charge in [-0.1, -0.05) is 23.2 Å². The molecule has 1 aliphatic rings. The van der Waals surface area contributed by atoms with Gasteiger partial charge in [-0.3, -0.25) is 0 Å². The average molecular weight is 266 g/mol. The Labute approximate surface area is 106 Å². The van der Waals surface area contributed by atoms with Gasteiger partial charge in [0.25, 0.3) is 0 Å². The van der Waals surface area contributed by atoms with Crippen molar-refractivity contribution in [3.05, 3.63) is 10.1 Å². The van der Waals surface area contributed by atoms with Gasteiger partial charge in [0.2, 0.25) is 0 Å². The van der Waals surface area contributed by atoms with Crippen molar-refractivity contribution < 1.29 is 9.53 Å². The Morgan fingerprint density at radius 1 is 1.25 bits per heavy atom. The van der Waals surface area contributed by atoms with E-state index >= 15 is 0 Å². The Bertz CT molecular complexity index is 294. The van der Waals surface area contributed by atoms with E-state index in [1.807, 2.05) is 20.8 Å². The lowest BCUT2D eigenvalue weighted by atomic mass is 10.1. The van der Waals surface area contributed by atoms with Crippen molar-refractivity contribution in [1.29, 1.82) is 0 Å². The molecule has 0 saturated carbocycles. The summed E-state index contributed by atoms with van der Waals surface area (Å²) in [6, 6.07) is 0. The highest BCUT2D eigenvalue weighted by Gasteiger charge is 2.25. The summed E-state index contributed by atoms with van der Waals surface area (Å²) in [5, 5.41) is 0. The van der Waals surface area contributed by atoms with Crippen LogP contribution in [-0.4, -0.2) is 29.7 Å². The monoisotopic (exact) mass is 265 g/mol. The molecule has 92 valence electrons. The van der Waals surface area contributed by atoms with E-state index in [-0.39, 0.29) is 6.09 Å². The molecule has 0 atom stereocenters. The zero-order chi connectivity index (χ0) is 12.3. The van der Waals surface area contributed by atoms with Crippen LogP contribution in [0.15, 0.2) is 10.1 Å². The van der Waals surface area contributed by atoms with Crippen LogP contribution in [0.25, 0.3) is 0 Å². The molecule has 0 unspecified atom stereocenters. The zero-order valence-corrected chi connectivity index (χ0v) is 11.4. The van der Waals surface area contributed by atoms with Gasteiger partial charge in [0.15, 0.2) is 0 Å². The average Bonchev–Trinajstić information content (AvgIpc) is 2.15. The molecule has 0 bridgehead atoms. The number of nitrogens with zero attached hydrogens (tertiary/aromatic N) is 1. The van der Waals surface area contributed by atoms with E-state index in [1.165, 1.54) is 0 Å². The Hall–Kier alpha value is -0.410. The highest BCUT2D eigenvalue weighted by molar-refractivity contribution is 6.56. The van der Waals surface area contributed by atoms with Gasteiger partial charge in [0, 0.05) is 13.1 Å². The van der Waals surface area contributed by atoms with E-state index in [0.29, 0.717) is 17.6 Å². The summed E-state index contributed by atoms with van der Waals surface area (Å²) in [4.78, 5) is 13.4. The molecule has 0 aromatic carbocycles. The maximum atomic E-state index is 11.7. The summed E-state index contributed by atoms with van der Waals surface area (Å²) in [6.07, 6.45) is 1.18. The van der Waals surface area contributed by atoms with Gasteiger partial charge < -0.3 is 9.64 Å². The molecule has 3 nitrogen and oxygen atoms in total. The van der Waals surface area contributed by atoms with Crippen molar-refractivity contribution in [2.45, 2.75) is 39.2 Å². The maximum Gasteiger partial charge on any atom is 0.410 e. The number of carbonyl (C=O) groups excluding carboxylic acids is 1. The first-order valence-corrected chi connectivity index (χ1v) is 6.06. The highest BCUT2D eigenvalue weighted by atomic mass is 35.5. The zero-order valence-electron chi connectivity index (χ0n) is 9.85. The second kappa shape index (κ2) is 5.28. The van der Waals surface area contributed by atoms with Gasteiger partial charge in [-0.25, -0.2) is 4.79 Å². The van der Waals surface area contributed by atoms with E-state index in [2.05, 4.69) is 0 Å². The van der Waals surface area contributed by atoms with Crippen LogP contribution in [0.4, 0.5) is 4.79 Å². The summed E-state index contributed by atoms with van der Waals surface area (Å²) >= 11 is 11.4. The lowest BCUT2D eigenvalue weighted by Crippen LogP contribution is -2.40. The molecule has 1 rings (SSSR count). The minimum atomic E-state index is -0.447. The van der Waals surface area contributed by atoms with Gasteiger partial charge in [-0.05, 0) is 39.2 Å². The van der Waals surface area contributed by atoms with Crippen LogP contribution < -0.4 is 0 Å². The van der Waals surface area contributed by atoms with Crippen molar-refractivity contribution in [2.24, 2.45) is 0 Å². The minimum Gasteiger partial charge on any atom is -0.444 e. The van der Waals surface area contributed by atoms with Gasteiger partial charge in [0.1, 0.15) is 10.1 Å². The smallest absolute Gasteiger partial charge is 0.410 e. The SMILES string of the molecule is CC(C)(C)OC(=O)N1CCC(=C(Cl)Cl)CC1. The summed E-state index contributed by atoms with van der Waals surface area (Å²) in [5.74, 6) is 0. The van der Waals surface area contributed by atoms with Crippen molar-refractivity contribution >= 4 is 29.3 Å². The number of carbonyl (C=O) groups is 1. The van der Waals surface area contributed by atoms with Gasteiger partial charge in [-0.2, -0.15) is 0 Å². The van der Waals surface area contributed by atoms with Crippen LogP contribution in [0.2, 0.25) is 0 Å². The molecule has 1 fully saturated rings. The van der Waals surface area contributed by atoms with E-state index in [9.17, 15) is 4.79 Å². The number of hydrogen-bond donors (Lipinski definition) is 0. The van der Waals surface area contributed by atoms with Crippen molar-refractivity contribution in [3.63, 3.8) is 0 Å². The van der Waals surface area contributed by atoms with Crippen LogP contribution in [0, 0.1) is 0 Å². The second-order valence-electron chi connectivity index (χ2n) is 4.83. The van der Waals surface area contributed by atoms with Crippen molar-refractivity contribution in [1.82, 2.24) is 4.90 Å². The molecular formula is C11H17Cl2NO2. The summed E-state index contributed by atoms with van der Waals surface area (Å²) in [6.45, 7) is 6.81. The highest BCUT2D eigenvalue weighted by Crippen LogP contribution is 2.25. The van der Waals surface area contributed by atoms with E-state index < -0.39 is 5.60 Å². The first-order valence-electron chi connectivity index (χ1n) is 5.30. The molecule has 0 spiro atoms. The first-order chi connectivity index (χ1) is 7.29. The number of hydrogen-bond acceptors (Lipinski definition) is 2. The third kappa shape index (κ3) is 4.22. The molecule has 5 heteroatoms. The summed E-state index contributed by atoms with van der Waals surface area (Å²) in [7, 11) is 0. The third-order valence-electron chi connectivity index (χ3n) is 2.29. The Kier molecular flexibility index (Phi) is 4.51. The number of amides is 1. The molecule has 0 radical (unpaired) electrons.